The lowest BCUT2D eigenvalue weighted by Gasteiger charge is -2.35. The number of hydrogen-bond acceptors (Lipinski definition) is 4. The minimum Gasteiger partial charge on any atom is -0.280 e. The van der Waals surface area contributed by atoms with E-state index in [1.807, 2.05) is 10.7 Å². The van der Waals surface area contributed by atoms with Crippen LogP contribution < -0.4 is 10.9 Å². The molecule has 0 spiro atoms. The van der Waals surface area contributed by atoms with Gasteiger partial charge in [-0.3, -0.25) is 15.6 Å². The molecule has 32 heavy (non-hydrogen) atoms. The van der Waals surface area contributed by atoms with Crippen molar-refractivity contribution in [3.8, 4) is 5.69 Å². The third-order valence-corrected chi connectivity index (χ3v) is 8.27. The molecule has 1 fully saturated rings. The first-order valence-corrected chi connectivity index (χ1v) is 11.5. The molecule has 166 valence electrons. The Labute approximate surface area is 201 Å². The number of hydrogen-bond donors (Lipinski definition) is 2. The summed E-state index contributed by atoms with van der Waals surface area (Å²) >= 11 is 18.8. The molecule has 2 heterocycles. The van der Waals surface area contributed by atoms with Crippen LogP contribution in [0.15, 0.2) is 36.5 Å². The van der Waals surface area contributed by atoms with Gasteiger partial charge in [-0.05, 0) is 54.5 Å². The van der Waals surface area contributed by atoms with Crippen molar-refractivity contribution in [2.24, 2.45) is 5.41 Å². The Morgan fingerprint density at radius 1 is 1.16 bits per heavy atom. The molecule has 1 amide bonds. The minimum atomic E-state index is -0.348. The van der Waals surface area contributed by atoms with E-state index in [-0.39, 0.29) is 22.7 Å². The Hall–Kier alpha value is -2.28. The van der Waals surface area contributed by atoms with Gasteiger partial charge in [-0.15, -0.1) is 0 Å². The predicted molar refractivity (Wildman–Crippen MR) is 127 cm³/mol. The van der Waals surface area contributed by atoms with E-state index in [0.717, 1.165) is 24.1 Å². The first-order valence-electron chi connectivity index (χ1n) is 10.4. The van der Waals surface area contributed by atoms with E-state index in [1.54, 1.807) is 30.5 Å². The second-order valence-electron chi connectivity index (χ2n) is 9.18. The summed E-state index contributed by atoms with van der Waals surface area (Å²) in [5.41, 5.74) is 8.48. The minimum absolute atomic E-state index is 0.0198. The highest BCUT2D eigenvalue weighted by atomic mass is 35.5. The van der Waals surface area contributed by atoms with Crippen LogP contribution in [0.3, 0.4) is 0 Å². The molecule has 2 aromatic heterocycles. The Morgan fingerprint density at radius 2 is 1.94 bits per heavy atom. The van der Waals surface area contributed by atoms with E-state index in [9.17, 15) is 4.79 Å². The molecule has 0 saturated heterocycles. The zero-order chi connectivity index (χ0) is 22.8. The molecule has 3 aromatic rings. The van der Waals surface area contributed by atoms with Crippen LogP contribution in [0.2, 0.25) is 15.1 Å². The van der Waals surface area contributed by atoms with E-state index in [4.69, 9.17) is 39.9 Å². The predicted octanol–water partition coefficient (Wildman–Crippen LogP) is 6.16. The molecule has 1 saturated carbocycles. The molecule has 0 radical (unpaired) electrons. The monoisotopic (exact) mass is 489 g/mol. The van der Waals surface area contributed by atoms with Crippen molar-refractivity contribution >= 4 is 46.5 Å². The van der Waals surface area contributed by atoms with E-state index < -0.39 is 0 Å². The molecule has 9 heteroatoms. The number of carbonyl (C=O) groups excluding carboxylic acids is 1. The number of amides is 1. The number of fused-ring (bicyclic) bond motifs is 5. The zero-order valence-electron chi connectivity index (χ0n) is 17.8. The fourth-order valence-corrected chi connectivity index (χ4v) is 6.03. The van der Waals surface area contributed by atoms with Gasteiger partial charge < -0.3 is 0 Å². The van der Waals surface area contributed by atoms with Gasteiger partial charge >= 0.3 is 0 Å². The molecule has 2 N–H and O–H groups in total. The molecule has 2 bridgehead atoms. The van der Waals surface area contributed by atoms with E-state index in [2.05, 4.69) is 36.6 Å². The number of anilines is 1. The molecule has 0 aliphatic heterocycles. The van der Waals surface area contributed by atoms with Crippen molar-refractivity contribution in [2.45, 2.75) is 44.9 Å². The van der Waals surface area contributed by atoms with Crippen molar-refractivity contribution in [3.05, 3.63) is 68.5 Å². The number of nitrogens with zero attached hydrogens (tertiary/aromatic N) is 3. The summed E-state index contributed by atoms with van der Waals surface area (Å²) in [5, 5.41) is 6.20. The van der Waals surface area contributed by atoms with Crippen LogP contribution in [0.1, 0.15) is 61.3 Å². The van der Waals surface area contributed by atoms with Gasteiger partial charge in [0.15, 0.2) is 11.5 Å². The molecule has 6 nitrogen and oxygen atoms in total. The highest BCUT2D eigenvalue weighted by Gasteiger charge is 2.63. The summed E-state index contributed by atoms with van der Waals surface area (Å²) in [6.45, 7) is 6.80. The van der Waals surface area contributed by atoms with Crippen LogP contribution in [-0.4, -0.2) is 20.7 Å². The normalized spacial score (nSPS) is 22.6. The molecule has 2 unspecified atom stereocenters. The number of hydrazine groups is 1. The molecular weight excluding hydrogens is 469 g/mol. The van der Waals surface area contributed by atoms with Crippen LogP contribution in [0.4, 0.5) is 5.82 Å². The highest BCUT2D eigenvalue weighted by Crippen LogP contribution is 2.68. The quantitative estimate of drug-likeness (QED) is 0.430. The fraction of sp³-hybridized carbons (Fsp3) is 0.348. The Kier molecular flexibility index (Phi) is 4.97. The van der Waals surface area contributed by atoms with Crippen molar-refractivity contribution in [1.82, 2.24) is 20.2 Å². The number of aromatic nitrogens is 3. The maximum absolute atomic E-state index is 13.3. The lowest BCUT2D eigenvalue weighted by atomic mass is 9.70. The molecule has 2 aliphatic carbocycles. The second kappa shape index (κ2) is 7.37. The van der Waals surface area contributed by atoms with E-state index in [1.165, 1.54) is 0 Å². The molecule has 5 rings (SSSR count). The van der Waals surface area contributed by atoms with Gasteiger partial charge in [0.05, 0.1) is 21.4 Å². The van der Waals surface area contributed by atoms with Gasteiger partial charge in [-0.1, -0.05) is 55.6 Å². The summed E-state index contributed by atoms with van der Waals surface area (Å²) in [5.74, 6) is 0.244. The average molecular weight is 491 g/mol. The smallest absolute Gasteiger partial charge is 0.280 e. The maximum Gasteiger partial charge on any atom is 0.290 e. The average Bonchev–Trinajstić information content (AvgIpc) is 3.29. The third kappa shape index (κ3) is 2.96. The summed E-state index contributed by atoms with van der Waals surface area (Å²) in [6, 6.07) is 8.73. The van der Waals surface area contributed by atoms with Crippen molar-refractivity contribution in [3.63, 3.8) is 0 Å². The van der Waals surface area contributed by atoms with Gasteiger partial charge in [0.1, 0.15) is 0 Å². The standard InChI is InChI=1S/C23H22Cl3N5O/c1-22(2)13-8-9-23(22,3)19-17(13)18(21(32)29-28-20-14(25)5-4-10-27-20)30-31(19)16-7-6-12(24)11-15(16)26/h4-7,10-11,13H,8-9H2,1-3H3,(H,27,28)(H,29,32). The van der Waals surface area contributed by atoms with Gasteiger partial charge in [-0.25, -0.2) is 9.67 Å². The lowest BCUT2D eigenvalue weighted by Crippen LogP contribution is -2.34. The highest BCUT2D eigenvalue weighted by molar-refractivity contribution is 6.35. The SMILES string of the molecule is CC12CCC(c3c(C(=O)NNc4ncccc4Cl)nn(-c4ccc(Cl)cc4Cl)c31)C2(C)C. The first kappa shape index (κ1) is 21.6. The number of benzene rings is 1. The van der Waals surface area contributed by atoms with Crippen molar-refractivity contribution in [1.29, 1.82) is 0 Å². The molecule has 1 aromatic carbocycles. The lowest BCUT2D eigenvalue weighted by molar-refractivity contribution is 0.0955. The Balaban J connectivity index is 1.61. The number of pyridine rings is 1. The molecule has 2 aliphatic rings. The summed E-state index contributed by atoms with van der Waals surface area (Å²) in [6.07, 6.45) is 3.63. The van der Waals surface area contributed by atoms with Gasteiger partial charge in [0.2, 0.25) is 0 Å². The van der Waals surface area contributed by atoms with Crippen LogP contribution >= 0.6 is 34.8 Å². The van der Waals surface area contributed by atoms with Crippen LogP contribution in [0.5, 0.6) is 0 Å². The van der Waals surface area contributed by atoms with Gasteiger partial charge in [0.25, 0.3) is 5.91 Å². The van der Waals surface area contributed by atoms with Gasteiger partial charge in [-0.2, -0.15) is 5.10 Å². The van der Waals surface area contributed by atoms with Gasteiger partial charge in [0, 0.05) is 22.2 Å². The van der Waals surface area contributed by atoms with Crippen LogP contribution in [0, 0.1) is 5.41 Å². The Bertz CT molecular complexity index is 1250. The number of rotatable bonds is 4. The van der Waals surface area contributed by atoms with Crippen molar-refractivity contribution < 1.29 is 4.79 Å². The summed E-state index contributed by atoms with van der Waals surface area (Å²) in [7, 11) is 0. The summed E-state index contributed by atoms with van der Waals surface area (Å²) < 4.78 is 1.83. The van der Waals surface area contributed by atoms with Crippen LogP contribution in [0.25, 0.3) is 5.69 Å². The number of nitrogens with one attached hydrogen (secondary N) is 2. The third-order valence-electron chi connectivity index (χ3n) is 7.43. The van der Waals surface area contributed by atoms with E-state index in [0.29, 0.717) is 32.3 Å². The van der Waals surface area contributed by atoms with Crippen LogP contribution in [-0.2, 0) is 5.41 Å². The maximum atomic E-state index is 13.3. The Morgan fingerprint density at radius 3 is 2.66 bits per heavy atom. The number of carbonyl (C=O) groups is 1. The number of halogens is 3. The topological polar surface area (TPSA) is 71.8 Å². The fourth-order valence-electron chi connectivity index (χ4n) is 5.37. The first-order chi connectivity index (χ1) is 15.1. The van der Waals surface area contributed by atoms with Crippen molar-refractivity contribution in [2.75, 3.05) is 5.43 Å². The zero-order valence-corrected chi connectivity index (χ0v) is 20.1. The molecule has 2 atom stereocenters. The second-order valence-corrected chi connectivity index (χ2v) is 10.4. The van der Waals surface area contributed by atoms with E-state index >= 15 is 0 Å². The largest absolute Gasteiger partial charge is 0.290 e. The molecular formula is C23H22Cl3N5O. The summed E-state index contributed by atoms with van der Waals surface area (Å²) in [4.78, 5) is 17.4.